The minimum absolute atomic E-state index is 0.243. The molecule has 2 fully saturated rings. The fourth-order valence-corrected chi connectivity index (χ4v) is 2.96. The Hall–Kier alpha value is -1.40. The monoisotopic (exact) mass is 292 g/mol. The smallest absolute Gasteiger partial charge is 0.224 e. The van der Waals surface area contributed by atoms with Gasteiger partial charge >= 0.3 is 0 Å². The number of nitrogens with one attached hydrogen (secondary N) is 1. The number of β-amino-alcohol motifs (C(OH)–C–C–N with tert-alkyl or cyclic N) is 1. The summed E-state index contributed by atoms with van der Waals surface area (Å²) in [5.74, 6) is 2.22. The lowest BCUT2D eigenvalue weighted by molar-refractivity contribution is 0.0699. The molecule has 0 bridgehead atoms. The molecule has 0 amide bonds. The first-order valence-corrected chi connectivity index (χ1v) is 7.89. The maximum Gasteiger partial charge on any atom is 0.224 e. The van der Waals surface area contributed by atoms with Crippen molar-refractivity contribution in [3.05, 3.63) is 12.3 Å². The number of rotatable bonds is 4. The lowest BCUT2D eigenvalue weighted by Crippen LogP contribution is -2.38. The van der Waals surface area contributed by atoms with Crippen molar-refractivity contribution >= 4 is 11.8 Å². The van der Waals surface area contributed by atoms with Crippen molar-refractivity contribution in [1.82, 2.24) is 9.97 Å². The number of anilines is 2. The molecule has 3 heterocycles. The molecule has 0 spiro atoms. The van der Waals surface area contributed by atoms with E-state index in [4.69, 9.17) is 4.74 Å². The molecule has 0 aliphatic carbocycles. The normalized spacial score (nSPS) is 24.0. The number of hydrogen-bond acceptors (Lipinski definition) is 6. The number of nitrogens with zero attached hydrogens (tertiary/aromatic N) is 3. The summed E-state index contributed by atoms with van der Waals surface area (Å²) in [6, 6.07) is 1.91. The van der Waals surface area contributed by atoms with Crippen LogP contribution in [0.5, 0.6) is 0 Å². The van der Waals surface area contributed by atoms with Crippen LogP contribution in [-0.4, -0.2) is 54.0 Å². The van der Waals surface area contributed by atoms with Crippen LogP contribution in [-0.2, 0) is 4.74 Å². The Balaban J connectivity index is 1.57. The second-order valence-corrected chi connectivity index (χ2v) is 5.92. The van der Waals surface area contributed by atoms with Crippen molar-refractivity contribution in [2.45, 2.75) is 31.8 Å². The van der Waals surface area contributed by atoms with Gasteiger partial charge in [-0.1, -0.05) is 0 Å². The highest BCUT2D eigenvalue weighted by Crippen LogP contribution is 2.19. The quantitative estimate of drug-likeness (QED) is 0.871. The number of aliphatic hydroxyl groups excluding tert-OH is 1. The number of piperidine rings is 1. The lowest BCUT2D eigenvalue weighted by Gasteiger charge is -2.31. The van der Waals surface area contributed by atoms with Gasteiger partial charge < -0.3 is 20.1 Å². The standard InChI is InChI=1S/C15H24N4O2/c20-13-2-1-7-19(11-13)14-3-6-16-15(18-14)17-10-12-4-8-21-9-5-12/h3,6,12-13,20H,1-2,4-5,7-11H2,(H,16,17,18)/t13-/m1/s1. The third kappa shape index (κ3) is 4.04. The highest BCUT2D eigenvalue weighted by Gasteiger charge is 2.19. The van der Waals surface area contributed by atoms with Gasteiger partial charge in [-0.05, 0) is 37.7 Å². The number of hydrogen-bond donors (Lipinski definition) is 2. The average Bonchev–Trinajstić information content (AvgIpc) is 2.54. The van der Waals surface area contributed by atoms with Crippen LogP contribution in [0.15, 0.2) is 12.3 Å². The van der Waals surface area contributed by atoms with Crippen LogP contribution >= 0.6 is 0 Å². The topological polar surface area (TPSA) is 70.5 Å². The van der Waals surface area contributed by atoms with Gasteiger partial charge in [-0.25, -0.2) is 4.98 Å². The Morgan fingerprint density at radius 1 is 1.33 bits per heavy atom. The highest BCUT2D eigenvalue weighted by molar-refractivity contribution is 5.43. The molecular formula is C15H24N4O2. The van der Waals surface area contributed by atoms with E-state index in [0.29, 0.717) is 18.4 Å². The molecule has 2 aliphatic heterocycles. The van der Waals surface area contributed by atoms with Crippen LogP contribution in [0.4, 0.5) is 11.8 Å². The molecule has 2 N–H and O–H groups in total. The van der Waals surface area contributed by atoms with Crippen molar-refractivity contribution in [3.8, 4) is 0 Å². The average molecular weight is 292 g/mol. The lowest BCUT2D eigenvalue weighted by atomic mass is 10.0. The molecule has 0 aromatic carbocycles. The van der Waals surface area contributed by atoms with Crippen molar-refractivity contribution in [1.29, 1.82) is 0 Å². The number of ether oxygens (including phenoxy) is 1. The molecule has 0 radical (unpaired) electrons. The summed E-state index contributed by atoms with van der Waals surface area (Å²) in [7, 11) is 0. The summed E-state index contributed by atoms with van der Waals surface area (Å²) in [4.78, 5) is 11.0. The van der Waals surface area contributed by atoms with E-state index in [1.54, 1.807) is 6.20 Å². The molecular weight excluding hydrogens is 268 g/mol. The molecule has 6 nitrogen and oxygen atoms in total. The fourth-order valence-electron chi connectivity index (χ4n) is 2.96. The zero-order valence-electron chi connectivity index (χ0n) is 12.4. The molecule has 2 aliphatic rings. The van der Waals surface area contributed by atoms with Gasteiger partial charge in [-0.3, -0.25) is 0 Å². The van der Waals surface area contributed by atoms with E-state index in [0.717, 1.165) is 57.8 Å². The SMILES string of the molecule is O[C@@H]1CCCN(c2ccnc(NCC3CCOCC3)n2)C1. The van der Waals surface area contributed by atoms with E-state index in [9.17, 15) is 5.11 Å². The van der Waals surface area contributed by atoms with E-state index in [1.165, 1.54) is 0 Å². The Bertz CT molecular complexity index is 451. The number of aromatic nitrogens is 2. The third-order valence-corrected chi connectivity index (χ3v) is 4.25. The summed E-state index contributed by atoms with van der Waals surface area (Å²) < 4.78 is 5.37. The molecule has 1 atom stereocenters. The van der Waals surface area contributed by atoms with Crippen molar-refractivity contribution < 1.29 is 9.84 Å². The van der Waals surface area contributed by atoms with Gasteiger partial charge in [0, 0.05) is 39.0 Å². The second kappa shape index (κ2) is 7.04. The minimum atomic E-state index is -0.243. The van der Waals surface area contributed by atoms with Crippen molar-refractivity contribution in [3.63, 3.8) is 0 Å². The van der Waals surface area contributed by atoms with Crippen molar-refractivity contribution in [2.24, 2.45) is 5.92 Å². The summed E-state index contributed by atoms with van der Waals surface area (Å²) in [5.41, 5.74) is 0. The predicted octanol–water partition coefficient (Wildman–Crippen LogP) is 1.28. The first-order chi connectivity index (χ1) is 10.3. The minimum Gasteiger partial charge on any atom is -0.391 e. The van der Waals surface area contributed by atoms with E-state index in [-0.39, 0.29) is 6.10 Å². The number of aliphatic hydroxyl groups is 1. The first kappa shape index (κ1) is 14.5. The molecule has 1 aromatic heterocycles. The fraction of sp³-hybridized carbons (Fsp3) is 0.733. The summed E-state index contributed by atoms with van der Waals surface area (Å²) >= 11 is 0. The van der Waals surface area contributed by atoms with Crippen LogP contribution in [0.25, 0.3) is 0 Å². The Labute approximate surface area is 125 Å². The zero-order chi connectivity index (χ0) is 14.5. The van der Waals surface area contributed by atoms with Crippen LogP contribution in [0.3, 0.4) is 0 Å². The maximum absolute atomic E-state index is 9.77. The summed E-state index contributed by atoms with van der Waals surface area (Å²) in [5, 5.41) is 13.1. The molecule has 1 aromatic rings. The van der Waals surface area contributed by atoms with E-state index in [1.807, 2.05) is 6.07 Å². The third-order valence-electron chi connectivity index (χ3n) is 4.25. The van der Waals surface area contributed by atoms with Gasteiger partial charge in [-0.2, -0.15) is 4.98 Å². The zero-order valence-corrected chi connectivity index (χ0v) is 12.4. The Morgan fingerprint density at radius 3 is 3.00 bits per heavy atom. The van der Waals surface area contributed by atoms with Crippen LogP contribution in [0, 0.1) is 5.92 Å². The summed E-state index contributed by atoms with van der Waals surface area (Å²) in [6.07, 6.45) is 5.64. The van der Waals surface area contributed by atoms with Gasteiger partial charge in [0.25, 0.3) is 0 Å². The van der Waals surface area contributed by atoms with Gasteiger partial charge in [0.05, 0.1) is 6.10 Å². The second-order valence-electron chi connectivity index (χ2n) is 5.92. The van der Waals surface area contributed by atoms with Crippen LogP contribution in [0.1, 0.15) is 25.7 Å². The predicted molar refractivity (Wildman–Crippen MR) is 81.5 cm³/mol. The molecule has 0 unspecified atom stereocenters. The van der Waals surface area contributed by atoms with Gasteiger partial charge in [0.1, 0.15) is 5.82 Å². The maximum atomic E-state index is 9.77. The van der Waals surface area contributed by atoms with Crippen LogP contribution in [0.2, 0.25) is 0 Å². The molecule has 6 heteroatoms. The van der Waals surface area contributed by atoms with E-state index >= 15 is 0 Å². The first-order valence-electron chi connectivity index (χ1n) is 7.89. The Kier molecular flexibility index (Phi) is 4.87. The van der Waals surface area contributed by atoms with Gasteiger partial charge in [-0.15, -0.1) is 0 Å². The summed E-state index contributed by atoms with van der Waals surface area (Å²) in [6.45, 7) is 4.23. The van der Waals surface area contributed by atoms with Gasteiger partial charge in [0.15, 0.2) is 0 Å². The molecule has 21 heavy (non-hydrogen) atoms. The highest BCUT2D eigenvalue weighted by atomic mass is 16.5. The Morgan fingerprint density at radius 2 is 2.19 bits per heavy atom. The van der Waals surface area contributed by atoms with Crippen molar-refractivity contribution in [2.75, 3.05) is 43.1 Å². The van der Waals surface area contributed by atoms with Crippen LogP contribution < -0.4 is 10.2 Å². The molecule has 0 saturated carbocycles. The van der Waals surface area contributed by atoms with Gasteiger partial charge in [0.2, 0.25) is 5.95 Å². The largest absolute Gasteiger partial charge is 0.391 e. The molecule has 2 saturated heterocycles. The molecule has 116 valence electrons. The molecule has 3 rings (SSSR count). The van der Waals surface area contributed by atoms with E-state index in [2.05, 4.69) is 20.2 Å². The van der Waals surface area contributed by atoms with E-state index < -0.39 is 0 Å².